The zero-order chi connectivity index (χ0) is 13.2. The van der Waals surface area contributed by atoms with E-state index in [2.05, 4.69) is 26.6 Å². The van der Waals surface area contributed by atoms with Gasteiger partial charge in [0.2, 0.25) is 5.91 Å². The number of carbonyl (C=O) groups is 1. The smallest absolute Gasteiger partial charge is 0.238 e. The second-order valence-corrected chi connectivity index (χ2v) is 4.61. The molecule has 100 valence electrons. The molecule has 0 heterocycles. The van der Waals surface area contributed by atoms with E-state index >= 15 is 0 Å². The molecule has 1 aromatic carbocycles. The number of carbonyl (C=O) groups excluding carboxylic acids is 1. The fourth-order valence-corrected chi connectivity index (χ4v) is 1.79. The molecule has 0 aliphatic heterocycles. The quantitative estimate of drug-likeness (QED) is 0.724. The minimum Gasteiger partial charge on any atom is -0.382 e. The normalized spacial score (nSPS) is 10.3. The van der Waals surface area contributed by atoms with Gasteiger partial charge in [0.25, 0.3) is 0 Å². The second kappa shape index (κ2) is 9.08. The number of hydrogen-bond donors (Lipinski definition) is 2. The maximum Gasteiger partial charge on any atom is 0.238 e. The molecule has 5 heteroatoms. The molecule has 2 N–H and O–H groups in total. The summed E-state index contributed by atoms with van der Waals surface area (Å²) >= 11 is 3.38. The molecule has 0 radical (unpaired) electrons. The van der Waals surface area contributed by atoms with E-state index in [9.17, 15) is 4.79 Å². The highest BCUT2D eigenvalue weighted by Gasteiger charge is 2.03. The predicted molar refractivity (Wildman–Crippen MR) is 76.8 cm³/mol. The summed E-state index contributed by atoms with van der Waals surface area (Å²) in [4.78, 5) is 11.6. The first kappa shape index (κ1) is 15.1. The fourth-order valence-electron chi connectivity index (χ4n) is 1.40. The van der Waals surface area contributed by atoms with Crippen LogP contribution in [0.5, 0.6) is 0 Å². The molecule has 1 rings (SSSR count). The molecule has 0 aliphatic rings. The van der Waals surface area contributed by atoms with Crippen LogP contribution in [-0.2, 0) is 9.53 Å². The molecule has 18 heavy (non-hydrogen) atoms. The van der Waals surface area contributed by atoms with E-state index in [-0.39, 0.29) is 5.91 Å². The van der Waals surface area contributed by atoms with Crippen molar-refractivity contribution in [2.75, 3.05) is 31.6 Å². The summed E-state index contributed by atoms with van der Waals surface area (Å²) in [5.41, 5.74) is 0.790. The van der Waals surface area contributed by atoms with Gasteiger partial charge in [-0.05, 0) is 48.0 Å². The molecule has 0 spiro atoms. The number of benzene rings is 1. The van der Waals surface area contributed by atoms with Gasteiger partial charge in [-0.25, -0.2) is 0 Å². The van der Waals surface area contributed by atoms with Crippen LogP contribution in [0.4, 0.5) is 5.69 Å². The first-order valence-electron chi connectivity index (χ1n) is 6.07. The van der Waals surface area contributed by atoms with Crippen LogP contribution in [0.3, 0.4) is 0 Å². The van der Waals surface area contributed by atoms with Crippen LogP contribution < -0.4 is 10.6 Å². The standard InChI is InChI=1S/C13H19BrN2O2/c1-2-18-9-5-8-15-10-13(17)16-12-7-4-3-6-11(12)14/h3-4,6-7,15H,2,5,8-10H2,1H3,(H,16,17). The first-order valence-corrected chi connectivity index (χ1v) is 6.86. The molecule has 0 aliphatic carbocycles. The number of amides is 1. The van der Waals surface area contributed by atoms with Gasteiger partial charge in [-0.2, -0.15) is 0 Å². The average molecular weight is 315 g/mol. The molecule has 0 saturated heterocycles. The van der Waals surface area contributed by atoms with Crippen LogP contribution in [0.25, 0.3) is 0 Å². The minimum atomic E-state index is -0.0432. The van der Waals surface area contributed by atoms with Crippen molar-refractivity contribution < 1.29 is 9.53 Å². The largest absolute Gasteiger partial charge is 0.382 e. The maximum atomic E-state index is 11.6. The fraction of sp³-hybridized carbons (Fsp3) is 0.462. The lowest BCUT2D eigenvalue weighted by Gasteiger charge is -2.08. The molecule has 0 saturated carbocycles. The van der Waals surface area contributed by atoms with Gasteiger partial charge >= 0.3 is 0 Å². The van der Waals surface area contributed by atoms with Gasteiger partial charge < -0.3 is 15.4 Å². The third-order valence-corrected chi connectivity index (χ3v) is 2.97. The third-order valence-electron chi connectivity index (χ3n) is 2.28. The van der Waals surface area contributed by atoms with Crippen molar-refractivity contribution in [2.45, 2.75) is 13.3 Å². The Morgan fingerprint density at radius 3 is 2.89 bits per heavy atom. The van der Waals surface area contributed by atoms with Gasteiger partial charge in [0.05, 0.1) is 12.2 Å². The van der Waals surface area contributed by atoms with Crippen molar-refractivity contribution in [3.63, 3.8) is 0 Å². The first-order chi connectivity index (χ1) is 8.74. The van der Waals surface area contributed by atoms with Crippen LogP contribution >= 0.6 is 15.9 Å². The van der Waals surface area contributed by atoms with Gasteiger partial charge in [0.15, 0.2) is 0 Å². The number of ether oxygens (including phenoxy) is 1. The molecule has 4 nitrogen and oxygen atoms in total. The topological polar surface area (TPSA) is 50.4 Å². The summed E-state index contributed by atoms with van der Waals surface area (Å²) in [7, 11) is 0. The summed E-state index contributed by atoms with van der Waals surface area (Å²) in [6.07, 6.45) is 0.913. The molecular weight excluding hydrogens is 296 g/mol. The van der Waals surface area contributed by atoms with Crippen LogP contribution in [0.1, 0.15) is 13.3 Å². The summed E-state index contributed by atoms with van der Waals surface area (Å²) in [5.74, 6) is -0.0432. The molecule has 0 bridgehead atoms. The number of para-hydroxylation sites is 1. The Balaban J connectivity index is 2.16. The zero-order valence-electron chi connectivity index (χ0n) is 10.5. The lowest BCUT2D eigenvalue weighted by Crippen LogP contribution is -2.29. The summed E-state index contributed by atoms with van der Waals surface area (Å²) in [5, 5.41) is 5.91. The van der Waals surface area contributed by atoms with E-state index < -0.39 is 0 Å². The Hall–Kier alpha value is -0.910. The third kappa shape index (κ3) is 6.14. The van der Waals surface area contributed by atoms with E-state index in [0.29, 0.717) is 6.54 Å². The summed E-state index contributed by atoms with van der Waals surface area (Å²) < 4.78 is 6.09. The second-order valence-electron chi connectivity index (χ2n) is 3.76. The van der Waals surface area contributed by atoms with Crippen LogP contribution in [0, 0.1) is 0 Å². The average Bonchev–Trinajstić information content (AvgIpc) is 2.36. The zero-order valence-corrected chi connectivity index (χ0v) is 12.1. The van der Waals surface area contributed by atoms with Crippen molar-refractivity contribution in [3.8, 4) is 0 Å². The number of nitrogens with one attached hydrogen (secondary N) is 2. The predicted octanol–water partition coefficient (Wildman–Crippen LogP) is 2.40. The van der Waals surface area contributed by atoms with Crippen LogP contribution in [-0.4, -0.2) is 32.2 Å². The highest BCUT2D eigenvalue weighted by Crippen LogP contribution is 2.20. The van der Waals surface area contributed by atoms with E-state index in [1.54, 1.807) is 0 Å². The van der Waals surface area contributed by atoms with Crippen molar-refractivity contribution >= 4 is 27.5 Å². The molecular formula is C13H19BrN2O2. The SMILES string of the molecule is CCOCCCNCC(=O)Nc1ccccc1Br. The van der Waals surface area contributed by atoms with E-state index in [1.807, 2.05) is 31.2 Å². The van der Waals surface area contributed by atoms with Gasteiger partial charge in [-0.1, -0.05) is 12.1 Å². The minimum absolute atomic E-state index is 0.0432. The van der Waals surface area contributed by atoms with Gasteiger partial charge in [-0.3, -0.25) is 4.79 Å². The van der Waals surface area contributed by atoms with E-state index in [1.165, 1.54) is 0 Å². The monoisotopic (exact) mass is 314 g/mol. The van der Waals surface area contributed by atoms with Crippen LogP contribution in [0.2, 0.25) is 0 Å². The molecule has 1 amide bonds. The van der Waals surface area contributed by atoms with Crippen molar-refractivity contribution in [3.05, 3.63) is 28.7 Å². The Kier molecular flexibility index (Phi) is 7.64. The Labute approximate surface area is 116 Å². The molecule has 0 fully saturated rings. The van der Waals surface area contributed by atoms with Gasteiger partial charge in [0.1, 0.15) is 0 Å². The van der Waals surface area contributed by atoms with Crippen LogP contribution in [0.15, 0.2) is 28.7 Å². The lowest BCUT2D eigenvalue weighted by molar-refractivity contribution is -0.115. The Bertz CT molecular complexity index is 372. The number of rotatable bonds is 8. The molecule has 0 aromatic heterocycles. The Morgan fingerprint density at radius 1 is 1.39 bits per heavy atom. The molecule has 0 atom stereocenters. The van der Waals surface area contributed by atoms with E-state index in [4.69, 9.17) is 4.74 Å². The molecule has 0 unspecified atom stereocenters. The maximum absolute atomic E-state index is 11.6. The Morgan fingerprint density at radius 2 is 2.17 bits per heavy atom. The van der Waals surface area contributed by atoms with Gasteiger partial charge in [0, 0.05) is 17.7 Å². The van der Waals surface area contributed by atoms with Crippen molar-refractivity contribution in [1.29, 1.82) is 0 Å². The summed E-state index contributed by atoms with van der Waals surface area (Å²) in [6, 6.07) is 7.55. The van der Waals surface area contributed by atoms with Crippen molar-refractivity contribution in [1.82, 2.24) is 5.32 Å². The van der Waals surface area contributed by atoms with Crippen molar-refractivity contribution in [2.24, 2.45) is 0 Å². The van der Waals surface area contributed by atoms with E-state index in [0.717, 1.165) is 36.3 Å². The summed E-state index contributed by atoms with van der Waals surface area (Å²) in [6.45, 7) is 4.54. The lowest BCUT2D eigenvalue weighted by atomic mass is 10.3. The highest BCUT2D eigenvalue weighted by molar-refractivity contribution is 9.10. The van der Waals surface area contributed by atoms with Gasteiger partial charge in [-0.15, -0.1) is 0 Å². The highest BCUT2D eigenvalue weighted by atomic mass is 79.9. The molecule has 1 aromatic rings. The number of anilines is 1. The number of halogens is 1. The number of hydrogen-bond acceptors (Lipinski definition) is 3.